The molecule has 0 aromatic carbocycles. The Bertz CT molecular complexity index is 780. The van der Waals surface area contributed by atoms with Crippen molar-refractivity contribution in [1.82, 2.24) is 0 Å². The van der Waals surface area contributed by atoms with Crippen LogP contribution in [0.3, 0.4) is 0 Å². The third kappa shape index (κ3) is 2.68. The molecule has 2 aliphatic carbocycles. The van der Waals surface area contributed by atoms with E-state index in [0.29, 0.717) is 18.4 Å². The molecule has 0 bridgehead atoms. The lowest BCUT2D eigenvalue weighted by Gasteiger charge is -2.44. The number of ketones is 1. The number of fused-ring (bicyclic) bond motifs is 2. The molecule has 0 aromatic rings. The molecular weight excluding hydrogens is 360 g/mol. The molecule has 0 spiro atoms. The Morgan fingerprint density at radius 2 is 2.04 bits per heavy atom. The molecule has 5 atom stereocenters. The highest BCUT2D eigenvalue weighted by Crippen LogP contribution is 2.62. The fourth-order valence-corrected chi connectivity index (χ4v) is 5.72. The topological polar surface area (TPSA) is 89.9 Å². The van der Waals surface area contributed by atoms with E-state index in [1.54, 1.807) is 6.08 Å². The molecule has 6 heteroatoms. The van der Waals surface area contributed by atoms with Crippen LogP contribution in [0, 0.1) is 22.7 Å². The fourth-order valence-electron chi connectivity index (χ4n) is 5.72. The van der Waals surface area contributed by atoms with Gasteiger partial charge in [0.2, 0.25) is 0 Å². The van der Waals surface area contributed by atoms with Crippen LogP contribution >= 0.6 is 0 Å². The number of hydrogen-bond donors (Lipinski definition) is 1. The number of allylic oxidation sites excluding steroid dienone is 1. The number of carbonyl (C=O) groups excluding carboxylic acids is 3. The molecule has 3 rings (SSSR count). The normalized spacial score (nSPS) is 39.8. The van der Waals surface area contributed by atoms with Crippen LogP contribution in [0.5, 0.6) is 0 Å². The molecule has 154 valence electrons. The number of rotatable bonds is 4. The van der Waals surface area contributed by atoms with Crippen molar-refractivity contribution in [2.24, 2.45) is 22.7 Å². The first kappa shape index (κ1) is 20.8. The number of hydrogen-bond acceptors (Lipinski definition) is 6. The number of Topliss-reactive ketones (excluding diaryl/α,β-unsaturated/α-hetero) is 1. The Balaban J connectivity index is 2.30. The van der Waals surface area contributed by atoms with Crippen LogP contribution < -0.4 is 0 Å². The highest BCUT2D eigenvalue weighted by molar-refractivity contribution is 6.00. The zero-order valence-corrected chi connectivity index (χ0v) is 17.3. The van der Waals surface area contributed by atoms with E-state index in [0.717, 1.165) is 0 Å². The van der Waals surface area contributed by atoms with Crippen molar-refractivity contribution in [3.8, 4) is 0 Å². The molecular formula is C22H30O6. The second kappa shape index (κ2) is 6.55. The van der Waals surface area contributed by atoms with Gasteiger partial charge in [-0.1, -0.05) is 34.3 Å². The Kier molecular flexibility index (Phi) is 4.86. The van der Waals surface area contributed by atoms with Gasteiger partial charge in [-0.25, -0.2) is 0 Å². The summed E-state index contributed by atoms with van der Waals surface area (Å²) in [6, 6.07) is 0. The zero-order chi connectivity index (χ0) is 21.1. The van der Waals surface area contributed by atoms with Gasteiger partial charge in [-0.05, 0) is 29.9 Å². The van der Waals surface area contributed by atoms with Crippen molar-refractivity contribution >= 4 is 17.7 Å². The van der Waals surface area contributed by atoms with Gasteiger partial charge in [-0.15, -0.1) is 0 Å². The van der Waals surface area contributed by atoms with Crippen molar-refractivity contribution in [2.75, 3.05) is 6.61 Å². The summed E-state index contributed by atoms with van der Waals surface area (Å²) in [5, 5.41) is 9.89. The lowest BCUT2D eigenvalue weighted by atomic mass is 9.64. The Morgan fingerprint density at radius 3 is 2.57 bits per heavy atom. The summed E-state index contributed by atoms with van der Waals surface area (Å²) in [4.78, 5) is 37.4. The average Bonchev–Trinajstić information content (AvgIpc) is 2.97. The van der Waals surface area contributed by atoms with E-state index >= 15 is 0 Å². The third-order valence-corrected chi connectivity index (χ3v) is 7.27. The zero-order valence-electron chi connectivity index (χ0n) is 17.3. The Labute approximate surface area is 166 Å². The van der Waals surface area contributed by atoms with Crippen molar-refractivity contribution < 1.29 is 29.0 Å². The first-order valence-corrected chi connectivity index (χ1v) is 9.86. The highest BCUT2D eigenvalue weighted by atomic mass is 16.6. The van der Waals surface area contributed by atoms with E-state index in [4.69, 9.17) is 9.47 Å². The van der Waals surface area contributed by atoms with Gasteiger partial charge in [-0.3, -0.25) is 14.4 Å². The molecule has 5 unspecified atom stereocenters. The maximum atomic E-state index is 13.0. The summed E-state index contributed by atoms with van der Waals surface area (Å²) >= 11 is 0. The minimum atomic E-state index is -1.38. The van der Waals surface area contributed by atoms with Crippen LogP contribution in [0.2, 0.25) is 0 Å². The minimum absolute atomic E-state index is 0.0140. The number of aliphatic hydroxyl groups excluding tert-OH is 1. The smallest absolute Gasteiger partial charge is 0.307 e. The third-order valence-electron chi connectivity index (χ3n) is 7.27. The van der Waals surface area contributed by atoms with Gasteiger partial charge >= 0.3 is 11.9 Å². The molecule has 1 saturated carbocycles. The molecule has 28 heavy (non-hydrogen) atoms. The molecule has 3 aliphatic rings. The summed E-state index contributed by atoms with van der Waals surface area (Å²) in [5.74, 6) is -0.558. The predicted molar refractivity (Wildman–Crippen MR) is 102 cm³/mol. The maximum Gasteiger partial charge on any atom is 0.307 e. The summed E-state index contributed by atoms with van der Waals surface area (Å²) in [5.41, 5.74) is -1.98. The van der Waals surface area contributed by atoms with E-state index in [9.17, 15) is 19.5 Å². The number of aliphatic hydroxyl groups is 1. The Hall–Kier alpha value is -1.95. The van der Waals surface area contributed by atoms with Crippen LogP contribution in [0.1, 0.15) is 53.9 Å². The van der Waals surface area contributed by atoms with Crippen LogP contribution in [-0.2, 0) is 23.9 Å². The van der Waals surface area contributed by atoms with Gasteiger partial charge in [0.05, 0.1) is 18.4 Å². The van der Waals surface area contributed by atoms with Gasteiger partial charge < -0.3 is 14.6 Å². The van der Waals surface area contributed by atoms with Gasteiger partial charge in [0, 0.05) is 24.3 Å². The van der Waals surface area contributed by atoms with E-state index in [1.165, 1.54) is 6.92 Å². The van der Waals surface area contributed by atoms with Crippen molar-refractivity contribution in [1.29, 1.82) is 0 Å². The average molecular weight is 390 g/mol. The molecule has 6 nitrogen and oxygen atoms in total. The molecule has 1 N–H and O–H groups in total. The molecule has 1 aliphatic heterocycles. The lowest BCUT2D eigenvalue weighted by molar-refractivity contribution is -0.161. The quantitative estimate of drug-likeness (QED) is 0.586. The second-order valence-electron chi connectivity index (χ2n) is 9.32. The predicted octanol–water partition coefficient (Wildman–Crippen LogP) is 2.74. The van der Waals surface area contributed by atoms with Crippen LogP contribution in [0.25, 0.3) is 0 Å². The van der Waals surface area contributed by atoms with E-state index in [1.807, 2.05) is 13.8 Å². The summed E-state index contributed by atoms with van der Waals surface area (Å²) in [6.45, 7) is 12.9. The number of carbonyl (C=O) groups is 3. The number of ether oxygens (including phenoxy) is 2. The van der Waals surface area contributed by atoms with Gasteiger partial charge in [0.15, 0.2) is 11.4 Å². The van der Waals surface area contributed by atoms with E-state index < -0.39 is 41.1 Å². The minimum Gasteiger partial charge on any atom is -0.462 e. The van der Waals surface area contributed by atoms with Crippen LogP contribution in [0.4, 0.5) is 0 Å². The molecule has 0 aromatic heterocycles. The van der Waals surface area contributed by atoms with Crippen molar-refractivity contribution in [2.45, 2.75) is 65.6 Å². The second-order valence-corrected chi connectivity index (χ2v) is 9.32. The molecule has 0 radical (unpaired) electrons. The number of esters is 2. The van der Waals surface area contributed by atoms with Crippen molar-refractivity contribution in [3.05, 3.63) is 23.8 Å². The summed E-state index contributed by atoms with van der Waals surface area (Å²) in [6.07, 6.45) is 1.89. The maximum absolute atomic E-state index is 13.0. The Morgan fingerprint density at radius 1 is 1.39 bits per heavy atom. The first-order valence-electron chi connectivity index (χ1n) is 9.86. The standard InChI is InChI=1S/C22H30O6/c1-12(2)15-7-17(25)16-8-22(13(3)11-23)21(6,10-19(26)28-22)18(27-14(4)24)9-20(15,16)5/h8,12,15,18,23H,3,7,9-11H2,1-2,4-6H3. The van der Waals surface area contributed by atoms with Gasteiger partial charge in [0.25, 0.3) is 0 Å². The van der Waals surface area contributed by atoms with Gasteiger partial charge in [0.1, 0.15) is 6.10 Å². The summed E-state index contributed by atoms with van der Waals surface area (Å²) < 4.78 is 11.5. The van der Waals surface area contributed by atoms with Crippen molar-refractivity contribution in [3.63, 3.8) is 0 Å². The van der Waals surface area contributed by atoms with E-state index in [-0.39, 0.29) is 29.6 Å². The largest absolute Gasteiger partial charge is 0.462 e. The van der Waals surface area contributed by atoms with Crippen LogP contribution in [-0.4, -0.2) is 41.1 Å². The van der Waals surface area contributed by atoms with E-state index in [2.05, 4.69) is 20.4 Å². The molecule has 2 fully saturated rings. The first-order chi connectivity index (χ1) is 12.9. The lowest BCUT2D eigenvalue weighted by Crippen LogP contribution is -2.52. The SMILES string of the molecule is C=C(CO)C12C=C3C(=O)CC(C(C)C)C3(C)CC(OC(C)=O)C1(C)CC(=O)O2. The fraction of sp³-hybridized carbons (Fsp3) is 0.682. The molecule has 1 saturated heterocycles. The summed E-state index contributed by atoms with van der Waals surface area (Å²) in [7, 11) is 0. The monoisotopic (exact) mass is 390 g/mol. The van der Waals surface area contributed by atoms with Crippen LogP contribution in [0.15, 0.2) is 23.8 Å². The molecule has 1 heterocycles. The van der Waals surface area contributed by atoms with Gasteiger partial charge in [-0.2, -0.15) is 0 Å². The highest BCUT2D eigenvalue weighted by Gasteiger charge is 2.67. The molecule has 0 amide bonds.